The van der Waals surface area contributed by atoms with Gasteiger partial charge in [0.2, 0.25) is 0 Å². The van der Waals surface area contributed by atoms with Gasteiger partial charge in [-0.25, -0.2) is 9.69 Å². The van der Waals surface area contributed by atoms with Crippen molar-refractivity contribution in [2.24, 2.45) is 0 Å². The van der Waals surface area contributed by atoms with E-state index in [4.69, 9.17) is 30.5 Å². The summed E-state index contributed by atoms with van der Waals surface area (Å²) in [7, 11) is 2.76. The molecule has 2 aromatic carbocycles. The zero-order valence-corrected chi connectivity index (χ0v) is 22.1. The highest BCUT2D eigenvalue weighted by Gasteiger charge is 2.38. The molecular weight excluding hydrogens is 591 g/mol. The number of benzene rings is 2. The van der Waals surface area contributed by atoms with E-state index in [0.717, 1.165) is 4.90 Å². The van der Waals surface area contributed by atoms with E-state index in [1.807, 2.05) is 6.92 Å². The molecular formula is C24H22ClIN2O7. The highest BCUT2D eigenvalue weighted by atomic mass is 127. The van der Waals surface area contributed by atoms with Crippen molar-refractivity contribution in [1.82, 2.24) is 5.32 Å². The number of nitrogens with zero attached hydrogens (tertiary/aromatic N) is 1. The Hall–Kier alpha value is -3.25. The number of methoxy groups -OCH3 is 2. The van der Waals surface area contributed by atoms with Gasteiger partial charge in [-0.1, -0.05) is 24.3 Å². The molecule has 0 radical (unpaired) electrons. The van der Waals surface area contributed by atoms with Crippen molar-refractivity contribution in [3.63, 3.8) is 0 Å². The van der Waals surface area contributed by atoms with E-state index in [2.05, 4.69) is 34.5 Å². The first-order chi connectivity index (χ1) is 16.7. The molecule has 0 spiro atoms. The van der Waals surface area contributed by atoms with Crippen molar-refractivity contribution >= 4 is 63.8 Å². The van der Waals surface area contributed by atoms with Crippen LogP contribution in [0.5, 0.6) is 23.0 Å². The topological polar surface area (TPSA) is 103 Å². The third kappa shape index (κ3) is 5.54. The molecule has 0 saturated carbocycles. The summed E-state index contributed by atoms with van der Waals surface area (Å²) >= 11 is 8.22. The van der Waals surface area contributed by atoms with Crippen LogP contribution >= 0.6 is 34.2 Å². The summed E-state index contributed by atoms with van der Waals surface area (Å²) in [6.45, 7) is 6.12. The summed E-state index contributed by atoms with van der Waals surface area (Å²) in [5, 5.41) is 2.41. The average Bonchev–Trinajstić information content (AvgIpc) is 2.82. The molecule has 0 atom stereocenters. The second-order valence-electron chi connectivity index (χ2n) is 6.98. The minimum Gasteiger partial charge on any atom is -0.495 e. The standard InChI is InChI=1S/C24H22ClIN2O7/c1-5-7-35-21-16(26)9-13(10-20(21)34-6-2)8-14-22(29)27-24(31)28(23(14)30)17-12-18(32-3)15(25)11-19(17)33-4/h5,8-12H,1,6-7H2,2-4H3,(H,27,29,31)/b14-8+. The highest BCUT2D eigenvalue weighted by Crippen LogP contribution is 2.40. The van der Waals surface area contributed by atoms with E-state index in [0.29, 0.717) is 27.2 Å². The molecule has 9 nitrogen and oxygen atoms in total. The van der Waals surface area contributed by atoms with Crippen LogP contribution in [0.1, 0.15) is 12.5 Å². The number of amides is 4. The van der Waals surface area contributed by atoms with E-state index in [9.17, 15) is 14.4 Å². The summed E-state index contributed by atoms with van der Waals surface area (Å²) < 4.78 is 22.6. The first kappa shape index (κ1) is 26.4. The van der Waals surface area contributed by atoms with Gasteiger partial charge in [-0.3, -0.25) is 14.9 Å². The molecule has 3 rings (SSSR count). The lowest BCUT2D eigenvalue weighted by Gasteiger charge is -2.28. The molecule has 0 aliphatic carbocycles. The molecule has 0 bridgehead atoms. The number of rotatable bonds is 9. The van der Waals surface area contributed by atoms with E-state index < -0.39 is 17.8 Å². The second-order valence-corrected chi connectivity index (χ2v) is 8.55. The lowest BCUT2D eigenvalue weighted by Crippen LogP contribution is -2.54. The van der Waals surface area contributed by atoms with Crippen LogP contribution in [0.15, 0.2) is 42.5 Å². The van der Waals surface area contributed by atoms with Crippen LogP contribution in [-0.4, -0.2) is 45.3 Å². The van der Waals surface area contributed by atoms with Gasteiger partial charge in [-0.05, 0) is 53.3 Å². The zero-order chi connectivity index (χ0) is 25.7. The number of urea groups is 1. The third-order valence-corrected chi connectivity index (χ3v) is 5.88. The molecule has 2 aromatic rings. The van der Waals surface area contributed by atoms with Gasteiger partial charge in [-0.2, -0.15) is 0 Å². The minimum absolute atomic E-state index is 0.0624. The molecule has 0 unspecified atom stereocenters. The van der Waals surface area contributed by atoms with Crippen molar-refractivity contribution in [3.05, 3.63) is 56.6 Å². The van der Waals surface area contributed by atoms with Gasteiger partial charge < -0.3 is 18.9 Å². The lowest BCUT2D eigenvalue weighted by atomic mass is 10.1. The Balaban J connectivity index is 2.09. The van der Waals surface area contributed by atoms with Gasteiger partial charge in [0, 0.05) is 12.1 Å². The Morgan fingerprint density at radius 3 is 2.40 bits per heavy atom. The monoisotopic (exact) mass is 612 g/mol. The average molecular weight is 613 g/mol. The minimum atomic E-state index is -0.933. The van der Waals surface area contributed by atoms with Gasteiger partial charge in [0.1, 0.15) is 23.7 Å². The molecule has 1 fully saturated rings. The summed E-state index contributed by atoms with van der Waals surface area (Å²) in [5.41, 5.74) is 0.295. The van der Waals surface area contributed by atoms with Gasteiger partial charge in [0.25, 0.3) is 11.8 Å². The van der Waals surface area contributed by atoms with Crippen molar-refractivity contribution in [3.8, 4) is 23.0 Å². The smallest absolute Gasteiger partial charge is 0.336 e. The summed E-state index contributed by atoms with van der Waals surface area (Å²) in [5.74, 6) is -0.364. The summed E-state index contributed by atoms with van der Waals surface area (Å²) in [6.07, 6.45) is 2.98. The SMILES string of the molecule is C=CCOc1c(I)cc(/C=C2\C(=O)NC(=O)N(c3cc(OC)c(Cl)cc3OC)C2=O)cc1OCC. The summed E-state index contributed by atoms with van der Waals surface area (Å²) in [6, 6.07) is 5.23. The maximum atomic E-state index is 13.4. The molecule has 1 aliphatic heterocycles. The second kappa shape index (κ2) is 11.5. The van der Waals surface area contributed by atoms with Crippen LogP contribution in [0.2, 0.25) is 5.02 Å². The number of anilines is 1. The number of ether oxygens (including phenoxy) is 4. The van der Waals surface area contributed by atoms with Crippen LogP contribution in [0, 0.1) is 3.57 Å². The predicted molar refractivity (Wildman–Crippen MR) is 140 cm³/mol. The van der Waals surface area contributed by atoms with E-state index >= 15 is 0 Å². The zero-order valence-electron chi connectivity index (χ0n) is 19.1. The number of hydrogen-bond donors (Lipinski definition) is 1. The Bertz CT molecular complexity index is 1230. The first-order valence-corrected chi connectivity index (χ1v) is 11.7. The molecule has 0 aromatic heterocycles. The number of barbiturate groups is 1. The van der Waals surface area contributed by atoms with E-state index in [1.54, 1.807) is 18.2 Å². The van der Waals surface area contributed by atoms with Crippen LogP contribution in [-0.2, 0) is 9.59 Å². The van der Waals surface area contributed by atoms with Crippen molar-refractivity contribution in [2.45, 2.75) is 6.92 Å². The Kier molecular flexibility index (Phi) is 8.62. The van der Waals surface area contributed by atoms with Crippen LogP contribution in [0.4, 0.5) is 10.5 Å². The molecule has 11 heteroatoms. The van der Waals surface area contributed by atoms with Gasteiger partial charge in [0.15, 0.2) is 11.5 Å². The quantitative estimate of drug-likeness (QED) is 0.191. The third-order valence-electron chi connectivity index (χ3n) is 4.78. The van der Waals surface area contributed by atoms with Crippen molar-refractivity contribution in [1.29, 1.82) is 0 Å². The molecule has 1 saturated heterocycles. The Morgan fingerprint density at radius 2 is 1.77 bits per heavy atom. The van der Waals surface area contributed by atoms with Crippen LogP contribution in [0.3, 0.4) is 0 Å². The molecule has 35 heavy (non-hydrogen) atoms. The number of imide groups is 2. The van der Waals surface area contributed by atoms with E-state index in [-0.39, 0.29) is 34.4 Å². The first-order valence-electron chi connectivity index (χ1n) is 10.3. The number of carbonyl (C=O) groups is 3. The molecule has 4 amide bonds. The van der Waals surface area contributed by atoms with Gasteiger partial charge in [-0.15, -0.1) is 0 Å². The predicted octanol–water partition coefficient (Wildman–Crippen LogP) is 4.59. The number of halogens is 2. The number of nitrogens with one attached hydrogen (secondary N) is 1. The maximum Gasteiger partial charge on any atom is 0.336 e. The van der Waals surface area contributed by atoms with Crippen molar-refractivity contribution < 1.29 is 33.3 Å². The fraction of sp³-hybridized carbons (Fsp3) is 0.208. The fourth-order valence-electron chi connectivity index (χ4n) is 3.28. The largest absolute Gasteiger partial charge is 0.495 e. The lowest BCUT2D eigenvalue weighted by molar-refractivity contribution is -0.122. The van der Waals surface area contributed by atoms with Crippen molar-refractivity contribution in [2.75, 3.05) is 32.3 Å². The molecule has 1 aliphatic rings. The normalized spacial score (nSPS) is 14.6. The van der Waals surface area contributed by atoms with Gasteiger partial charge >= 0.3 is 6.03 Å². The van der Waals surface area contributed by atoms with Crippen LogP contribution in [0.25, 0.3) is 6.08 Å². The number of hydrogen-bond acceptors (Lipinski definition) is 7. The maximum absolute atomic E-state index is 13.4. The van der Waals surface area contributed by atoms with Gasteiger partial charge in [0.05, 0.1) is 35.1 Å². The number of carbonyl (C=O) groups excluding carboxylic acids is 3. The molecule has 1 heterocycles. The fourth-order valence-corrected chi connectivity index (χ4v) is 4.29. The van der Waals surface area contributed by atoms with E-state index in [1.165, 1.54) is 32.4 Å². The molecule has 1 N–H and O–H groups in total. The summed E-state index contributed by atoms with van der Waals surface area (Å²) in [4.78, 5) is 39.5. The molecule has 184 valence electrons. The highest BCUT2D eigenvalue weighted by molar-refractivity contribution is 14.1. The Labute approximate surface area is 220 Å². The Morgan fingerprint density at radius 1 is 1.06 bits per heavy atom. The van der Waals surface area contributed by atoms with Crippen LogP contribution < -0.4 is 29.2 Å².